The van der Waals surface area contributed by atoms with E-state index in [0.717, 1.165) is 35.0 Å². The van der Waals surface area contributed by atoms with Crippen LogP contribution in [-0.4, -0.2) is 55.0 Å². The number of hydrogen-bond donors (Lipinski definition) is 1. The van der Waals surface area contributed by atoms with Crippen molar-refractivity contribution < 1.29 is 43.1 Å². The lowest BCUT2D eigenvalue weighted by atomic mass is 9.74. The summed E-state index contributed by atoms with van der Waals surface area (Å²) in [6, 6.07) is 19.0. The van der Waals surface area contributed by atoms with Crippen molar-refractivity contribution in [2.45, 2.75) is 24.4 Å². The summed E-state index contributed by atoms with van der Waals surface area (Å²) in [5.41, 5.74) is 0.350. The summed E-state index contributed by atoms with van der Waals surface area (Å²) < 4.78 is 7.12. The maximum absolute atomic E-state index is 13.6. The molecule has 0 amide bonds. The highest BCUT2D eigenvalue weighted by molar-refractivity contribution is 5.88. The molecule has 3 aliphatic rings. The standard InChI is InChI=1S/C23H28NO3.HI/c1-24-14-12-18(13-15-24)21(16-24)27-22(26)23(17-25,19-8-4-2-5-9-19)20-10-6-3-7-11-20;/h2-11,18,21,25H,12-17H2,1H3;1H/q+1;/p-1. The van der Waals surface area contributed by atoms with Crippen LogP contribution in [0.4, 0.5) is 0 Å². The van der Waals surface area contributed by atoms with E-state index in [2.05, 4.69) is 7.05 Å². The van der Waals surface area contributed by atoms with Crippen molar-refractivity contribution in [3.63, 3.8) is 0 Å². The number of fused-ring (bicyclic) bond motifs is 3. The third kappa shape index (κ3) is 3.72. The van der Waals surface area contributed by atoms with Crippen LogP contribution in [-0.2, 0) is 14.9 Å². The van der Waals surface area contributed by atoms with Crippen molar-refractivity contribution in [1.29, 1.82) is 0 Å². The molecule has 5 rings (SSSR count). The highest BCUT2D eigenvalue weighted by atomic mass is 127. The van der Waals surface area contributed by atoms with E-state index in [1.165, 1.54) is 13.1 Å². The zero-order chi connectivity index (χ0) is 18.9. The molecule has 1 atom stereocenters. The Morgan fingerprint density at radius 2 is 1.54 bits per heavy atom. The van der Waals surface area contributed by atoms with E-state index in [1.54, 1.807) is 0 Å². The summed E-state index contributed by atoms with van der Waals surface area (Å²) in [7, 11) is 2.25. The molecule has 4 nitrogen and oxygen atoms in total. The Bertz CT molecular complexity index is 749. The zero-order valence-corrected chi connectivity index (χ0v) is 18.4. The van der Waals surface area contributed by atoms with Gasteiger partial charge in [0.15, 0.2) is 6.10 Å². The zero-order valence-electron chi connectivity index (χ0n) is 16.3. The Hall–Kier alpha value is -1.44. The molecule has 0 spiro atoms. The van der Waals surface area contributed by atoms with E-state index in [9.17, 15) is 9.90 Å². The molecule has 3 saturated heterocycles. The maximum Gasteiger partial charge on any atom is 0.323 e. The summed E-state index contributed by atoms with van der Waals surface area (Å²) in [6.45, 7) is 2.90. The summed E-state index contributed by atoms with van der Waals surface area (Å²) in [6.07, 6.45) is 2.15. The van der Waals surface area contributed by atoms with Gasteiger partial charge in [0.25, 0.3) is 0 Å². The SMILES string of the molecule is C[N+]12CCC(CC1)C(OC(=O)C(CO)(c1ccccc1)c1ccccc1)C2.[I-]. The van der Waals surface area contributed by atoms with Crippen molar-refractivity contribution in [3.05, 3.63) is 71.8 Å². The number of benzene rings is 2. The predicted molar refractivity (Wildman–Crippen MR) is 104 cm³/mol. The fourth-order valence-electron chi connectivity index (χ4n) is 4.82. The number of piperidine rings is 3. The lowest BCUT2D eigenvalue weighted by Gasteiger charge is -2.50. The lowest BCUT2D eigenvalue weighted by molar-refractivity contribution is -0.928. The van der Waals surface area contributed by atoms with Crippen LogP contribution in [0.2, 0.25) is 0 Å². The molecule has 2 aromatic rings. The van der Waals surface area contributed by atoms with Crippen LogP contribution in [0, 0.1) is 5.92 Å². The molecule has 2 bridgehead atoms. The molecule has 0 saturated carbocycles. The van der Waals surface area contributed by atoms with Crippen LogP contribution in [0.25, 0.3) is 0 Å². The van der Waals surface area contributed by atoms with E-state index in [-0.39, 0.29) is 42.7 Å². The van der Waals surface area contributed by atoms with Crippen molar-refractivity contribution >= 4 is 5.97 Å². The van der Waals surface area contributed by atoms with Crippen molar-refractivity contribution in [2.75, 3.05) is 33.3 Å². The molecule has 3 fully saturated rings. The van der Waals surface area contributed by atoms with Crippen LogP contribution in [0.3, 0.4) is 0 Å². The fraction of sp³-hybridized carbons (Fsp3) is 0.435. The van der Waals surface area contributed by atoms with Gasteiger partial charge in [-0.1, -0.05) is 60.7 Å². The minimum absolute atomic E-state index is 0. The number of carbonyl (C=O) groups is 1. The van der Waals surface area contributed by atoms with Crippen molar-refractivity contribution in [2.24, 2.45) is 5.92 Å². The third-order valence-electron chi connectivity index (χ3n) is 6.60. The summed E-state index contributed by atoms with van der Waals surface area (Å²) in [4.78, 5) is 13.6. The normalized spacial score (nSPS) is 26.4. The van der Waals surface area contributed by atoms with Crippen LogP contribution >= 0.6 is 0 Å². The molecule has 1 N–H and O–H groups in total. The van der Waals surface area contributed by atoms with E-state index < -0.39 is 5.41 Å². The Kier molecular flexibility index (Phi) is 6.47. The van der Waals surface area contributed by atoms with Crippen LogP contribution < -0.4 is 24.0 Å². The largest absolute Gasteiger partial charge is 1.00 e. The van der Waals surface area contributed by atoms with Gasteiger partial charge in [-0.15, -0.1) is 0 Å². The number of ether oxygens (including phenoxy) is 1. The van der Waals surface area contributed by atoms with Gasteiger partial charge < -0.3 is 38.3 Å². The smallest absolute Gasteiger partial charge is 0.323 e. The maximum atomic E-state index is 13.6. The molecule has 3 heterocycles. The van der Waals surface area contributed by atoms with Gasteiger partial charge >= 0.3 is 5.97 Å². The van der Waals surface area contributed by atoms with E-state index in [4.69, 9.17) is 4.74 Å². The first-order chi connectivity index (χ1) is 13.1. The van der Waals surface area contributed by atoms with E-state index in [0.29, 0.717) is 5.92 Å². The van der Waals surface area contributed by atoms with Crippen molar-refractivity contribution in [1.82, 2.24) is 0 Å². The van der Waals surface area contributed by atoms with Gasteiger partial charge in [-0.3, -0.25) is 4.79 Å². The number of rotatable bonds is 5. The molecule has 0 aromatic heterocycles. The average molecular weight is 493 g/mol. The van der Waals surface area contributed by atoms with Gasteiger partial charge in [0.05, 0.1) is 26.7 Å². The van der Waals surface area contributed by atoms with E-state index in [1.807, 2.05) is 60.7 Å². The molecule has 2 aromatic carbocycles. The number of hydrogen-bond acceptors (Lipinski definition) is 3. The number of carbonyl (C=O) groups excluding carboxylic acids is 1. The van der Waals surface area contributed by atoms with Gasteiger partial charge in [0.1, 0.15) is 12.0 Å². The molecule has 5 heteroatoms. The number of esters is 1. The second-order valence-corrected chi connectivity index (χ2v) is 8.33. The third-order valence-corrected chi connectivity index (χ3v) is 6.60. The highest BCUT2D eigenvalue weighted by Crippen LogP contribution is 2.38. The monoisotopic (exact) mass is 493 g/mol. The molecule has 1 unspecified atom stereocenters. The Morgan fingerprint density at radius 1 is 1.04 bits per heavy atom. The van der Waals surface area contributed by atoms with E-state index >= 15 is 0 Å². The molecular formula is C23H28INO3. The van der Waals surface area contributed by atoms with Crippen molar-refractivity contribution in [3.8, 4) is 0 Å². The second kappa shape index (κ2) is 8.51. The quantitative estimate of drug-likeness (QED) is 0.355. The van der Waals surface area contributed by atoms with Gasteiger partial charge in [0, 0.05) is 18.8 Å². The first-order valence-corrected chi connectivity index (χ1v) is 9.84. The molecule has 3 aliphatic heterocycles. The first kappa shape index (κ1) is 21.3. The van der Waals surface area contributed by atoms with Crippen LogP contribution in [0.5, 0.6) is 0 Å². The minimum atomic E-state index is -1.19. The van der Waals surface area contributed by atoms with Crippen LogP contribution in [0.1, 0.15) is 24.0 Å². The molecule has 0 aliphatic carbocycles. The first-order valence-electron chi connectivity index (χ1n) is 9.84. The average Bonchev–Trinajstić information content (AvgIpc) is 2.71. The molecular weight excluding hydrogens is 465 g/mol. The Morgan fingerprint density at radius 3 is 1.96 bits per heavy atom. The Balaban J connectivity index is 0.00000225. The number of likely N-dealkylation sites (N-methyl/N-ethyl adjacent to an activating group) is 1. The van der Waals surface area contributed by atoms with Gasteiger partial charge in [-0.05, 0) is 11.1 Å². The molecule has 28 heavy (non-hydrogen) atoms. The summed E-state index contributed by atoms with van der Waals surface area (Å²) >= 11 is 0. The number of nitrogens with zero attached hydrogens (tertiary/aromatic N) is 1. The topological polar surface area (TPSA) is 46.5 Å². The second-order valence-electron chi connectivity index (χ2n) is 8.33. The number of quaternary nitrogens is 1. The van der Waals surface area contributed by atoms with Gasteiger partial charge in [-0.25, -0.2) is 0 Å². The molecule has 0 radical (unpaired) electrons. The summed E-state index contributed by atoms with van der Waals surface area (Å²) in [5.74, 6) is 0.101. The number of aliphatic hydroxyl groups is 1. The summed E-state index contributed by atoms with van der Waals surface area (Å²) in [5, 5.41) is 10.5. The predicted octanol–water partition coefficient (Wildman–Crippen LogP) is -0.249. The van der Waals surface area contributed by atoms with Gasteiger partial charge in [0.2, 0.25) is 0 Å². The molecule has 150 valence electrons. The fourth-order valence-corrected chi connectivity index (χ4v) is 4.82. The Labute approximate surface area is 184 Å². The lowest BCUT2D eigenvalue weighted by Crippen LogP contribution is -3.00. The van der Waals surface area contributed by atoms with Gasteiger partial charge in [-0.2, -0.15) is 0 Å². The minimum Gasteiger partial charge on any atom is -1.00 e. The highest BCUT2D eigenvalue weighted by Gasteiger charge is 2.49. The number of halogens is 1. The number of aliphatic hydroxyl groups excluding tert-OH is 1. The van der Waals surface area contributed by atoms with Crippen LogP contribution in [0.15, 0.2) is 60.7 Å².